The first-order valence-corrected chi connectivity index (χ1v) is 5.68. The van der Waals surface area contributed by atoms with Crippen molar-refractivity contribution in [2.24, 2.45) is 7.05 Å². The lowest BCUT2D eigenvalue weighted by Gasteiger charge is -2.05. The van der Waals surface area contributed by atoms with E-state index in [1.165, 1.54) is 24.4 Å². The molecule has 0 aliphatic carbocycles. The van der Waals surface area contributed by atoms with Gasteiger partial charge in [0.15, 0.2) is 0 Å². The molecule has 0 unspecified atom stereocenters. The molecular formula is C12H10ClN3O3. The van der Waals surface area contributed by atoms with E-state index >= 15 is 0 Å². The molecule has 0 aromatic carbocycles. The van der Waals surface area contributed by atoms with Gasteiger partial charge in [-0.05, 0) is 18.2 Å². The summed E-state index contributed by atoms with van der Waals surface area (Å²) in [6.45, 7) is 0. The Labute approximate surface area is 113 Å². The number of nitrogens with zero attached hydrogens (tertiary/aromatic N) is 2. The minimum Gasteiger partial charge on any atom is -0.478 e. The topological polar surface area (TPSA) is 84.2 Å². The van der Waals surface area contributed by atoms with Crippen LogP contribution in [-0.2, 0) is 7.05 Å². The van der Waals surface area contributed by atoms with Crippen molar-refractivity contribution in [1.29, 1.82) is 0 Å². The number of hydrogen-bond acceptors (Lipinski definition) is 3. The molecule has 19 heavy (non-hydrogen) atoms. The fourth-order valence-corrected chi connectivity index (χ4v) is 1.81. The highest BCUT2D eigenvalue weighted by Crippen LogP contribution is 2.14. The number of pyridine rings is 1. The fourth-order valence-electron chi connectivity index (χ4n) is 1.56. The number of aryl methyl sites for hydroxylation is 1. The predicted octanol–water partition coefficient (Wildman–Crippen LogP) is 2.02. The lowest BCUT2D eigenvalue weighted by molar-refractivity contribution is 0.0696. The first-order valence-electron chi connectivity index (χ1n) is 5.30. The van der Waals surface area contributed by atoms with Crippen LogP contribution < -0.4 is 5.32 Å². The highest BCUT2D eigenvalue weighted by molar-refractivity contribution is 6.31. The zero-order chi connectivity index (χ0) is 14.0. The second-order valence-corrected chi connectivity index (χ2v) is 4.28. The van der Waals surface area contributed by atoms with Crippen molar-refractivity contribution in [3.63, 3.8) is 0 Å². The van der Waals surface area contributed by atoms with E-state index in [9.17, 15) is 9.59 Å². The van der Waals surface area contributed by atoms with Crippen LogP contribution in [0.3, 0.4) is 0 Å². The van der Waals surface area contributed by atoms with Gasteiger partial charge in [-0.15, -0.1) is 0 Å². The summed E-state index contributed by atoms with van der Waals surface area (Å²) in [6.07, 6.45) is 2.91. The number of carbonyl (C=O) groups is 2. The van der Waals surface area contributed by atoms with Gasteiger partial charge in [0.2, 0.25) is 0 Å². The number of carboxylic acid groups (broad SMARTS) is 1. The van der Waals surface area contributed by atoms with Crippen molar-refractivity contribution in [3.8, 4) is 0 Å². The van der Waals surface area contributed by atoms with Gasteiger partial charge in [-0.3, -0.25) is 4.79 Å². The molecule has 2 aromatic rings. The van der Waals surface area contributed by atoms with E-state index in [2.05, 4.69) is 10.3 Å². The van der Waals surface area contributed by atoms with Crippen molar-refractivity contribution in [2.75, 3.05) is 5.32 Å². The first-order chi connectivity index (χ1) is 8.97. The molecule has 0 atom stereocenters. The molecule has 7 heteroatoms. The monoisotopic (exact) mass is 279 g/mol. The molecule has 0 spiro atoms. The molecule has 2 heterocycles. The van der Waals surface area contributed by atoms with Crippen molar-refractivity contribution >= 4 is 29.3 Å². The van der Waals surface area contributed by atoms with Gasteiger partial charge in [0.05, 0.1) is 10.6 Å². The molecule has 2 aromatic heterocycles. The van der Waals surface area contributed by atoms with E-state index in [1.807, 2.05) is 0 Å². The predicted molar refractivity (Wildman–Crippen MR) is 69.6 cm³/mol. The lowest BCUT2D eigenvalue weighted by Crippen LogP contribution is -2.16. The van der Waals surface area contributed by atoms with E-state index in [0.29, 0.717) is 10.7 Å². The number of amides is 1. The van der Waals surface area contributed by atoms with Crippen molar-refractivity contribution in [1.82, 2.24) is 9.55 Å². The molecule has 2 N–H and O–H groups in total. The van der Waals surface area contributed by atoms with Crippen LogP contribution in [0.5, 0.6) is 0 Å². The van der Waals surface area contributed by atoms with Gasteiger partial charge < -0.3 is 15.0 Å². The number of nitrogens with one attached hydrogen (secondary N) is 1. The van der Waals surface area contributed by atoms with Gasteiger partial charge in [-0.25, -0.2) is 9.78 Å². The quantitative estimate of drug-likeness (QED) is 0.900. The maximum atomic E-state index is 12.0. The standard InChI is InChI=1S/C12H10ClN3O3/c1-16-6-8(13)5-9(16)11(17)15-10-4-7(12(18)19)2-3-14-10/h2-6H,1H3,(H,18,19)(H,14,15,17). The van der Waals surface area contributed by atoms with Crippen LogP contribution in [0.2, 0.25) is 5.02 Å². The number of aromatic nitrogens is 2. The summed E-state index contributed by atoms with van der Waals surface area (Å²) in [5.74, 6) is -1.33. The Morgan fingerprint density at radius 2 is 2.16 bits per heavy atom. The van der Waals surface area contributed by atoms with Gasteiger partial charge in [-0.1, -0.05) is 11.6 Å². The molecule has 0 saturated carbocycles. The highest BCUT2D eigenvalue weighted by atomic mass is 35.5. The number of anilines is 1. The Bertz CT molecular complexity index is 651. The van der Waals surface area contributed by atoms with E-state index in [1.54, 1.807) is 17.8 Å². The maximum Gasteiger partial charge on any atom is 0.335 e. The molecule has 0 aliphatic heterocycles. The molecule has 6 nitrogen and oxygen atoms in total. The minimum atomic E-state index is -1.08. The molecular weight excluding hydrogens is 270 g/mol. The SMILES string of the molecule is Cn1cc(Cl)cc1C(=O)Nc1cc(C(=O)O)ccn1. The number of rotatable bonds is 3. The van der Waals surface area contributed by atoms with E-state index in [-0.39, 0.29) is 11.4 Å². The van der Waals surface area contributed by atoms with Crippen LogP contribution in [0.1, 0.15) is 20.8 Å². The summed E-state index contributed by atoms with van der Waals surface area (Å²) in [5, 5.41) is 11.8. The molecule has 0 aliphatic rings. The van der Waals surface area contributed by atoms with Crippen molar-refractivity contribution < 1.29 is 14.7 Å². The van der Waals surface area contributed by atoms with Crippen LogP contribution in [0.4, 0.5) is 5.82 Å². The Hall–Kier alpha value is -2.34. The number of carbonyl (C=O) groups excluding carboxylic acids is 1. The lowest BCUT2D eigenvalue weighted by atomic mass is 10.2. The molecule has 0 saturated heterocycles. The molecule has 98 valence electrons. The smallest absolute Gasteiger partial charge is 0.335 e. The average Bonchev–Trinajstić information content (AvgIpc) is 2.69. The molecule has 2 rings (SSSR count). The number of halogens is 1. The van der Waals surface area contributed by atoms with E-state index < -0.39 is 11.9 Å². The van der Waals surface area contributed by atoms with Gasteiger partial charge in [0, 0.05) is 19.4 Å². The van der Waals surface area contributed by atoms with Gasteiger partial charge in [0.25, 0.3) is 5.91 Å². The maximum absolute atomic E-state index is 12.0. The number of aromatic carboxylic acids is 1. The number of hydrogen-bond donors (Lipinski definition) is 2. The summed E-state index contributed by atoms with van der Waals surface area (Å²) in [7, 11) is 1.68. The Balaban J connectivity index is 2.21. The third kappa shape index (κ3) is 2.92. The molecule has 0 radical (unpaired) electrons. The summed E-state index contributed by atoms with van der Waals surface area (Å²) in [6, 6.07) is 4.14. The Morgan fingerprint density at radius 3 is 2.74 bits per heavy atom. The normalized spacial score (nSPS) is 10.2. The average molecular weight is 280 g/mol. The summed E-state index contributed by atoms with van der Waals surface area (Å²) < 4.78 is 1.57. The fraction of sp³-hybridized carbons (Fsp3) is 0.0833. The Morgan fingerprint density at radius 1 is 1.42 bits per heavy atom. The summed E-state index contributed by atoms with van der Waals surface area (Å²) in [5.41, 5.74) is 0.405. The van der Waals surface area contributed by atoms with Crippen molar-refractivity contribution in [3.05, 3.63) is 46.9 Å². The first kappa shape index (κ1) is 13.1. The minimum absolute atomic E-state index is 0.0511. The van der Waals surface area contributed by atoms with Gasteiger partial charge in [0.1, 0.15) is 11.5 Å². The molecule has 0 bridgehead atoms. The van der Waals surface area contributed by atoms with Gasteiger partial charge in [-0.2, -0.15) is 0 Å². The van der Waals surface area contributed by atoms with Crippen LogP contribution in [0.15, 0.2) is 30.6 Å². The van der Waals surface area contributed by atoms with Crippen molar-refractivity contribution in [2.45, 2.75) is 0 Å². The third-order valence-electron chi connectivity index (χ3n) is 2.45. The third-order valence-corrected chi connectivity index (χ3v) is 2.66. The zero-order valence-electron chi connectivity index (χ0n) is 9.92. The molecule has 1 amide bonds. The van der Waals surface area contributed by atoms with Crippen LogP contribution in [-0.4, -0.2) is 26.5 Å². The summed E-state index contributed by atoms with van der Waals surface area (Å²) >= 11 is 5.79. The Kier molecular flexibility index (Phi) is 3.52. The van der Waals surface area contributed by atoms with Crippen LogP contribution >= 0.6 is 11.6 Å². The molecule has 0 fully saturated rings. The van der Waals surface area contributed by atoms with E-state index in [0.717, 1.165) is 0 Å². The zero-order valence-corrected chi connectivity index (χ0v) is 10.7. The number of carboxylic acids is 1. The van der Waals surface area contributed by atoms with Gasteiger partial charge >= 0.3 is 5.97 Å². The largest absolute Gasteiger partial charge is 0.478 e. The van der Waals surface area contributed by atoms with E-state index in [4.69, 9.17) is 16.7 Å². The summed E-state index contributed by atoms with van der Waals surface area (Å²) in [4.78, 5) is 26.6. The van der Waals surface area contributed by atoms with Crippen LogP contribution in [0, 0.1) is 0 Å². The highest BCUT2D eigenvalue weighted by Gasteiger charge is 2.13. The van der Waals surface area contributed by atoms with Crippen LogP contribution in [0.25, 0.3) is 0 Å². The second kappa shape index (κ2) is 5.11. The second-order valence-electron chi connectivity index (χ2n) is 3.84.